The van der Waals surface area contributed by atoms with Crippen LogP contribution in [0.3, 0.4) is 0 Å². The first-order valence-electron chi connectivity index (χ1n) is 9.30. The molecule has 27 heavy (non-hydrogen) atoms. The van der Waals surface area contributed by atoms with Crippen molar-refractivity contribution in [3.63, 3.8) is 0 Å². The number of ether oxygens (including phenoxy) is 1. The minimum absolute atomic E-state index is 0.0159. The van der Waals surface area contributed by atoms with Crippen LogP contribution < -0.4 is 10.1 Å². The van der Waals surface area contributed by atoms with Crippen LogP contribution >= 0.6 is 11.3 Å². The third-order valence-corrected chi connectivity index (χ3v) is 5.40. The van der Waals surface area contributed by atoms with Gasteiger partial charge in [0, 0.05) is 32.1 Å². The molecule has 0 atom stereocenters. The Kier molecular flexibility index (Phi) is 6.28. The van der Waals surface area contributed by atoms with Gasteiger partial charge in [-0.2, -0.15) is 0 Å². The number of aromatic nitrogens is 1. The van der Waals surface area contributed by atoms with E-state index in [0.717, 1.165) is 16.0 Å². The Morgan fingerprint density at radius 1 is 1.26 bits per heavy atom. The number of carbonyl (C=O) groups is 2. The summed E-state index contributed by atoms with van der Waals surface area (Å²) >= 11 is 1.44. The number of fused-ring (bicyclic) bond motifs is 1. The lowest BCUT2D eigenvalue weighted by Crippen LogP contribution is -2.51. The summed E-state index contributed by atoms with van der Waals surface area (Å²) in [7, 11) is 0. The summed E-state index contributed by atoms with van der Waals surface area (Å²) in [4.78, 5) is 32.8. The van der Waals surface area contributed by atoms with Crippen LogP contribution in [-0.4, -0.2) is 65.9 Å². The van der Waals surface area contributed by atoms with Gasteiger partial charge in [-0.1, -0.05) is 25.2 Å². The van der Waals surface area contributed by atoms with E-state index in [1.807, 2.05) is 43.9 Å². The van der Waals surface area contributed by atoms with E-state index in [0.29, 0.717) is 44.5 Å². The lowest BCUT2D eigenvalue weighted by molar-refractivity contribution is -0.136. The lowest BCUT2D eigenvalue weighted by atomic mass is 10.1. The average Bonchev–Trinajstić information content (AvgIpc) is 3.03. The van der Waals surface area contributed by atoms with Gasteiger partial charge in [-0.05, 0) is 25.1 Å². The molecule has 1 saturated heterocycles. The third kappa shape index (κ3) is 4.95. The van der Waals surface area contributed by atoms with Crippen LogP contribution in [0.4, 0.5) is 5.13 Å². The first-order chi connectivity index (χ1) is 13.0. The van der Waals surface area contributed by atoms with E-state index < -0.39 is 0 Å². The van der Waals surface area contributed by atoms with E-state index in [1.165, 1.54) is 11.3 Å². The highest BCUT2D eigenvalue weighted by Gasteiger charge is 2.24. The second kappa shape index (κ2) is 8.67. The van der Waals surface area contributed by atoms with Crippen molar-refractivity contribution >= 4 is 38.5 Å². The number of hydrogen-bond donors (Lipinski definition) is 1. The van der Waals surface area contributed by atoms with Crippen LogP contribution in [0.1, 0.15) is 20.8 Å². The molecule has 1 fully saturated rings. The average molecular weight is 391 g/mol. The van der Waals surface area contributed by atoms with Crippen molar-refractivity contribution in [3.05, 3.63) is 18.2 Å². The molecule has 1 N–H and O–H groups in total. The molecule has 1 aliphatic heterocycles. The normalized spacial score (nSPS) is 15.3. The molecule has 0 spiro atoms. The number of amides is 2. The Morgan fingerprint density at radius 2 is 2.00 bits per heavy atom. The number of rotatable bonds is 6. The van der Waals surface area contributed by atoms with Crippen molar-refractivity contribution < 1.29 is 14.3 Å². The number of anilines is 1. The maximum absolute atomic E-state index is 12.4. The first-order valence-corrected chi connectivity index (χ1v) is 10.1. The van der Waals surface area contributed by atoms with Crippen molar-refractivity contribution in [3.8, 4) is 5.75 Å². The van der Waals surface area contributed by atoms with Crippen LogP contribution in [0.25, 0.3) is 10.2 Å². The molecular weight excluding hydrogens is 364 g/mol. The van der Waals surface area contributed by atoms with Gasteiger partial charge in [0.05, 0.1) is 23.4 Å². The SMILES string of the molecule is CCOc1ccc2nc(NC(=O)CN3CCN(C(=O)C(C)C)CC3)sc2c1. The monoisotopic (exact) mass is 390 g/mol. The zero-order valence-electron chi connectivity index (χ0n) is 16.0. The first kappa shape index (κ1) is 19.6. The number of thiazole rings is 1. The summed E-state index contributed by atoms with van der Waals surface area (Å²) < 4.78 is 6.49. The van der Waals surface area contributed by atoms with E-state index >= 15 is 0 Å². The van der Waals surface area contributed by atoms with Gasteiger partial charge in [0.1, 0.15) is 5.75 Å². The Hall–Kier alpha value is -2.19. The zero-order chi connectivity index (χ0) is 19.4. The topological polar surface area (TPSA) is 74.8 Å². The molecule has 1 aromatic carbocycles. The van der Waals surface area contributed by atoms with Crippen molar-refractivity contribution in [2.75, 3.05) is 44.6 Å². The van der Waals surface area contributed by atoms with E-state index in [9.17, 15) is 9.59 Å². The molecule has 7 nitrogen and oxygen atoms in total. The summed E-state index contributed by atoms with van der Waals surface area (Å²) in [5.74, 6) is 0.921. The molecule has 0 bridgehead atoms. The Labute approximate surface area is 163 Å². The molecule has 0 aliphatic carbocycles. The molecule has 2 aromatic rings. The van der Waals surface area contributed by atoms with Gasteiger partial charge in [-0.3, -0.25) is 14.5 Å². The molecule has 2 heterocycles. The van der Waals surface area contributed by atoms with Gasteiger partial charge in [0.15, 0.2) is 5.13 Å². The number of piperazine rings is 1. The molecule has 2 amide bonds. The van der Waals surface area contributed by atoms with Crippen molar-refractivity contribution in [2.45, 2.75) is 20.8 Å². The predicted octanol–water partition coefficient (Wildman–Crippen LogP) is 2.43. The molecule has 1 aromatic heterocycles. The third-order valence-electron chi connectivity index (χ3n) is 4.46. The quantitative estimate of drug-likeness (QED) is 0.820. The van der Waals surface area contributed by atoms with Gasteiger partial charge in [0.25, 0.3) is 0 Å². The Morgan fingerprint density at radius 3 is 2.67 bits per heavy atom. The Bertz CT molecular complexity index is 812. The maximum atomic E-state index is 12.4. The molecule has 1 aliphatic rings. The summed E-state index contributed by atoms with van der Waals surface area (Å²) in [6.07, 6.45) is 0. The number of benzene rings is 1. The fourth-order valence-electron chi connectivity index (χ4n) is 3.07. The fraction of sp³-hybridized carbons (Fsp3) is 0.526. The molecule has 0 saturated carbocycles. The molecular formula is C19H26N4O3S. The number of nitrogens with one attached hydrogen (secondary N) is 1. The number of carbonyl (C=O) groups excluding carboxylic acids is 2. The van der Waals surface area contributed by atoms with Crippen LogP contribution in [-0.2, 0) is 9.59 Å². The van der Waals surface area contributed by atoms with E-state index in [-0.39, 0.29) is 17.7 Å². The molecule has 0 unspecified atom stereocenters. The summed E-state index contributed by atoms with van der Waals surface area (Å²) in [6.45, 7) is 9.47. The molecule has 0 radical (unpaired) electrons. The molecule has 3 rings (SSSR count). The second-order valence-electron chi connectivity index (χ2n) is 6.89. The van der Waals surface area contributed by atoms with Crippen LogP contribution in [0, 0.1) is 5.92 Å². The van der Waals surface area contributed by atoms with Gasteiger partial charge in [-0.15, -0.1) is 0 Å². The fourth-order valence-corrected chi connectivity index (χ4v) is 3.98. The summed E-state index contributed by atoms with van der Waals surface area (Å²) in [5.41, 5.74) is 0.847. The van der Waals surface area contributed by atoms with E-state index in [4.69, 9.17) is 4.74 Å². The second-order valence-corrected chi connectivity index (χ2v) is 7.92. The molecule has 146 valence electrons. The number of nitrogens with zero attached hydrogens (tertiary/aromatic N) is 3. The predicted molar refractivity (Wildman–Crippen MR) is 107 cm³/mol. The van der Waals surface area contributed by atoms with Crippen molar-refractivity contribution in [1.29, 1.82) is 0 Å². The zero-order valence-corrected chi connectivity index (χ0v) is 16.8. The van der Waals surface area contributed by atoms with E-state index in [1.54, 1.807) is 0 Å². The highest BCUT2D eigenvalue weighted by molar-refractivity contribution is 7.22. The van der Waals surface area contributed by atoms with Crippen LogP contribution in [0.5, 0.6) is 5.75 Å². The van der Waals surface area contributed by atoms with Crippen LogP contribution in [0.2, 0.25) is 0 Å². The van der Waals surface area contributed by atoms with Gasteiger partial charge in [0.2, 0.25) is 11.8 Å². The lowest BCUT2D eigenvalue weighted by Gasteiger charge is -2.35. The standard InChI is InChI=1S/C19H26N4O3S/c1-4-26-14-5-6-15-16(11-14)27-19(20-15)21-17(24)12-22-7-9-23(10-8-22)18(25)13(2)3/h5-6,11,13H,4,7-10,12H2,1-3H3,(H,20,21,24). The largest absolute Gasteiger partial charge is 0.494 e. The van der Waals surface area contributed by atoms with Gasteiger partial charge in [-0.25, -0.2) is 4.98 Å². The smallest absolute Gasteiger partial charge is 0.240 e. The summed E-state index contributed by atoms with van der Waals surface area (Å²) in [6, 6.07) is 5.73. The summed E-state index contributed by atoms with van der Waals surface area (Å²) in [5, 5.41) is 3.48. The van der Waals surface area contributed by atoms with Crippen molar-refractivity contribution in [1.82, 2.24) is 14.8 Å². The minimum atomic E-state index is -0.0808. The highest BCUT2D eigenvalue weighted by atomic mass is 32.1. The molecule has 8 heteroatoms. The maximum Gasteiger partial charge on any atom is 0.240 e. The van der Waals surface area contributed by atoms with Gasteiger partial charge < -0.3 is 15.0 Å². The van der Waals surface area contributed by atoms with Crippen LogP contribution in [0.15, 0.2) is 18.2 Å². The number of hydrogen-bond acceptors (Lipinski definition) is 6. The van der Waals surface area contributed by atoms with Gasteiger partial charge >= 0.3 is 0 Å². The van der Waals surface area contributed by atoms with E-state index in [2.05, 4.69) is 15.2 Å². The van der Waals surface area contributed by atoms with Crippen molar-refractivity contribution in [2.24, 2.45) is 5.92 Å². The highest BCUT2D eigenvalue weighted by Crippen LogP contribution is 2.29. The Balaban J connectivity index is 1.52. The minimum Gasteiger partial charge on any atom is -0.494 e.